The Kier molecular flexibility index (Phi) is 4.12. The number of hydrogen-bond acceptors (Lipinski definition) is 4. The molecule has 3 aromatic rings. The number of anilines is 1. The zero-order valence-corrected chi connectivity index (χ0v) is 14.2. The van der Waals surface area contributed by atoms with E-state index in [1.165, 1.54) is 5.69 Å². The maximum Gasteiger partial charge on any atom is 0.139 e. The number of H-pyrrole nitrogens is 1. The topological polar surface area (TPSA) is 64.9 Å². The first-order chi connectivity index (χ1) is 12.3. The minimum Gasteiger partial charge on any atom is -0.380 e. The molecule has 1 fully saturated rings. The van der Waals surface area contributed by atoms with Crippen molar-refractivity contribution in [1.29, 1.82) is 5.26 Å². The molecule has 0 radical (unpaired) electrons. The van der Waals surface area contributed by atoms with Gasteiger partial charge in [-0.3, -0.25) is 0 Å². The molecule has 5 heteroatoms. The highest BCUT2D eigenvalue weighted by atomic mass is 16.5. The number of nitrogens with one attached hydrogen (secondary N) is 1. The summed E-state index contributed by atoms with van der Waals surface area (Å²) in [6.07, 6.45) is 6.31. The van der Waals surface area contributed by atoms with Crippen LogP contribution in [0, 0.1) is 11.3 Å². The van der Waals surface area contributed by atoms with E-state index in [-0.39, 0.29) is 6.10 Å². The molecule has 0 aliphatic carbocycles. The monoisotopic (exact) mass is 332 g/mol. The Bertz CT molecular complexity index is 940. The number of rotatable bonds is 3. The quantitative estimate of drug-likeness (QED) is 0.794. The third-order valence-electron chi connectivity index (χ3n) is 4.91. The molecule has 1 atom stereocenters. The van der Waals surface area contributed by atoms with Gasteiger partial charge in [0, 0.05) is 43.5 Å². The number of pyridine rings is 1. The summed E-state index contributed by atoms with van der Waals surface area (Å²) < 4.78 is 5.58. The summed E-state index contributed by atoms with van der Waals surface area (Å²) in [7, 11) is 1.78. The molecule has 25 heavy (non-hydrogen) atoms. The zero-order chi connectivity index (χ0) is 17.2. The third kappa shape index (κ3) is 2.86. The van der Waals surface area contributed by atoms with E-state index < -0.39 is 0 Å². The summed E-state index contributed by atoms with van der Waals surface area (Å²) >= 11 is 0. The van der Waals surface area contributed by atoms with E-state index in [1.807, 2.05) is 36.7 Å². The standard InChI is InChI=1S/C20H20N4O/c1-25-16-6-3-9-24(13-16)18-7-8-22-20-19(18)17(12-23-20)15-5-2-4-14(10-15)11-21/h2,4-5,7-8,10,12,16H,3,6,9,13H2,1H3,(H,22,23)/t16-/m0/s1. The number of aromatic nitrogens is 2. The number of piperidine rings is 1. The van der Waals surface area contributed by atoms with Crippen LogP contribution in [0.3, 0.4) is 0 Å². The lowest BCUT2D eigenvalue weighted by atomic mass is 10.0. The highest BCUT2D eigenvalue weighted by Gasteiger charge is 2.23. The maximum absolute atomic E-state index is 9.20. The second-order valence-electron chi connectivity index (χ2n) is 6.39. The van der Waals surface area contributed by atoms with Crippen LogP contribution in [0.25, 0.3) is 22.2 Å². The van der Waals surface area contributed by atoms with E-state index in [4.69, 9.17) is 4.74 Å². The molecule has 0 bridgehead atoms. The van der Waals surface area contributed by atoms with Crippen molar-refractivity contribution in [2.24, 2.45) is 0 Å². The van der Waals surface area contributed by atoms with Crippen LogP contribution in [0.4, 0.5) is 5.69 Å². The second kappa shape index (κ2) is 6.58. The molecule has 1 aliphatic rings. The fourth-order valence-corrected chi connectivity index (χ4v) is 3.64. The molecule has 0 spiro atoms. The minimum atomic E-state index is 0.265. The van der Waals surface area contributed by atoms with Gasteiger partial charge in [-0.15, -0.1) is 0 Å². The molecule has 3 heterocycles. The lowest BCUT2D eigenvalue weighted by molar-refractivity contribution is 0.0894. The van der Waals surface area contributed by atoms with Gasteiger partial charge in [0.1, 0.15) is 5.65 Å². The summed E-state index contributed by atoms with van der Waals surface area (Å²) in [6.45, 7) is 1.90. The van der Waals surface area contributed by atoms with Crippen LogP contribution in [0.2, 0.25) is 0 Å². The lowest BCUT2D eigenvalue weighted by Gasteiger charge is -2.34. The maximum atomic E-state index is 9.20. The fourth-order valence-electron chi connectivity index (χ4n) is 3.64. The summed E-state index contributed by atoms with van der Waals surface area (Å²) in [4.78, 5) is 10.1. The Morgan fingerprint density at radius 2 is 2.28 bits per heavy atom. The number of benzene rings is 1. The highest BCUT2D eigenvalue weighted by molar-refractivity contribution is 6.02. The molecule has 0 unspecified atom stereocenters. The molecule has 0 amide bonds. The minimum absolute atomic E-state index is 0.265. The van der Waals surface area contributed by atoms with Gasteiger partial charge in [-0.1, -0.05) is 12.1 Å². The van der Waals surface area contributed by atoms with Crippen molar-refractivity contribution in [2.75, 3.05) is 25.1 Å². The first kappa shape index (κ1) is 15.7. The molecule has 4 rings (SSSR count). The SMILES string of the molecule is CO[C@H]1CCCN(c2ccnc3[nH]cc(-c4cccc(C#N)c4)c23)C1. The summed E-state index contributed by atoms with van der Waals surface area (Å²) in [5, 5.41) is 10.3. The highest BCUT2D eigenvalue weighted by Crippen LogP contribution is 2.36. The summed E-state index contributed by atoms with van der Waals surface area (Å²) in [5.74, 6) is 0. The van der Waals surface area contributed by atoms with Crippen LogP contribution in [0.5, 0.6) is 0 Å². The van der Waals surface area contributed by atoms with Gasteiger partial charge in [-0.25, -0.2) is 4.98 Å². The number of ether oxygens (including phenoxy) is 1. The Hall–Kier alpha value is -2.84. The molecule has 1 saturated heterocycles. The molecule has 1 aromatic carbocycles. The van der Waals surface area contributed by atoms with Crippen molar-refractivity contribution >= 4 is 16.7 Å². The molecule has 126 valence electrons. The van der Waals surface area contributed by atoms with E-state index in [9.17, 15) is 5.26 Å². The van der Waals surface area contributed by atoms with Gasteiger partial charge in [-0.05, 0) is 36.6 Å². The van der Waals surface area contributed by atoms with E-state index in [0.29, 0.717) is 5.56 Å². The van der Waals surface area contributed by atoms with Crippen molar-refractivity contribution in [3.05, 3.63) is 48.3 Å². The van der Waals surface area contributed by atoms with Gasteiger partial charge in [-0.2, -0.15) is 5.26 Å². The molecule has 1 aliphatic heterocycles. The van der Waals surface area contributed by atoms with Crippen LogP contribution in [-0.4, -0.2) is 36.3 Å². The van der Waals surface area contributed by atoms with Crippen LogP contribution >= 0.6 is 0 Å². The Balaban J connectivity index is 1.83. The number of hydrogen-bond donors (Lipinski definition) is 1. The van der Waals surface area contributed by atoms with Crippen molar-refractivity contribution in [1.82, 2.24) is 9.97 Å². The van der Waals surface area contributed by atoms with E-state index >= 15 is 0 Å². The zero-order valence-electron chi connectivity index (χ0n) is 14.2. The molecule has 0 saturated carbocycles. The third-order valence-corrected chi connectivity index (χ3v) is 4.91. The molecule has 2 aromatic heterocycles. The van der Waals surface area contributed by atoms with Gasteiger partial charge in [0.25, 0.3) is 0 Å². The van der Waals surface area contributed by atoms with Gasteiger partial charge in [0.2, 0.25) is 0 Å². The molecule has 5 nitrogen and oxygen atoms in total. The van der Waals surface area contributed by atoms with Crippen molar-refractivity contribution < 1.29 is 4.74 Å². The Morgan fingerprint density at radius 3 is 3.12 bits per heavy atom. The van der Waals surface area contributed by atoms with Gasteiger partial charge >= 0.3 is 0 Å². The van der Waals surface area contributed by atoms with Gasteiger partial charge in [0.05, 0.1) is 23.4 Å². The number of nitrogens with zero attached hydrogens (tertiary/aromatic N) is 3. The van der Waals surface area contributed by atoms with Crippen LogP contribution < -0.4 is 4.90 Å². The van der Waals surface area contributed by atoms with E-state index in [0.717, 1.165) is 48.1 Å². The molecular formula is C20H20N4O. The normalized spacial score (nSPS) is 17.6. The van der Waals surface area contributed by atoms with Crippen molar-refractivity contribution in [3.8, 4) is 17.2 Å². The number of aromatic amines is 1. The smallest absolute Gasteiger partial charge is 0.139 e. The molecular weight excluding hydrogens is 312 g/mol. The molecule has 1 N–H and O–H groups in total. The average molecular weight is 332 g/mol. The van der Waals surface area contributed by atoms with Crippen LogP contribution in [0.1, 0.15) is 18.4 Å². The Morgan fingerprint density at radius 1 is 1.36 bits per heavy atom. The first-order valence-corrected chi connectivity index (χ1v) is 8.54. The van der Waals surface area contributed by atoms with E-state index in [2.05, 4.69) is 27.0 Å². The van der Waals surface area contributed by atoms with Crippen LogP contribution in [-0.2, 0) is 4.74 Å². The first-order valence-electron chi connectivity index (χ1n) is 8.54. The number of nitriles is 1. The predicted molar refractivity (Wildman–Crippen MR) is 98.5 cm³/mol. The average Bonchev–Trinajstić information content (AvgIpc) is 3.12. The van der Waals surface area contributed by atoms with Crippen molar-refractivity contribution in [2.45, 2.75) is 18.9 Å². The van der Waals surface area contributed by atoms with Crippen molar-refractivity contribution in [3.63, 3.8) is 0 Å². The predicted octanol–water partition coefficient (Wildman–Crippen LogP) is 3.72. The van der Waals surface area contributed by atoms with E-state index in [1.54, 1.807) is 7.11 Å². The van der Waals surface area contributed by atoms with Gasteiger partial charge < -0.3 is 14.6 Å². The fraction of sp³-hybridized carbons (Fsp3) is 0.300. The lowest BCUT2D eigenvalue weighted by Crippen LogP contribution is -2.39. The summed E-state index contributed by atoms with van der Waals surface area (Å²) in [5.41, 5.74) is 4.81. The van der Waals surface area contributed by atoms with Gasteiger partial charge in [0.15, 0.2) is 0 Å². The van der Waals surface area contributed by atoms with Crippen LogP contribution in [0.15, 0.2) is 42.7 Å². The number of fused-ring (bicyclic) bond motifs is 1. The largest absolute Gasteiger partial charge is 0.380 e. The Labute approximate surface area is 146 Å². The number of methoxy groups -OCH3 is 1. The summed E-state index contributed by atoms with van der Waals surface area (Å²) in [6, 6.07) is 12.0. The second-order valence-corrected chi connectivity index (χ2v) is 6.39.